The van der Waals surface area contributed by atoms with Gasteiger partial charge in [0, 0.05) is 44.0 Å². The van der Waals surface area contributed by atoms with E-state index in [9.17, 15) is 0 Å². The van der Waals surface area contributed by atoms with Crippen LogP contribution in [0.2, 0.25) is 0 Å². The third kappa shape index (κ3) is 3.49. The Balaban J connectivity index is 2.25. The Morgan fingerprint density at radius 2 is 2.20 bits per heavy atom. The molecule has 1 unspecified atom stereocenters. The number of ether oxygens (including phenoxy) is 1. The zero-order valence-electron chi connectivity index (χ0n) is 13.4. The van der Waals surface area contributed by atoms with Crippen LogP contribution in [-0.2, 0) is 11.3 Å². The molecule has 2 rings (SSSR count). The van der Waals surface area contributed by atoms with Gasteiger partial charge in [0.1, 0.15) is 5.82 Å². The fraction of sp³-hybridized carbons (Fsp3) is 0.688. The van der Waals surface area contributed by atoms with Gasteiger partial charge in [-0.2, -0.15) is 0 Å². The van der Waals surface area contributed by atoms with E-state index in [0.717, 1.165) is 37.6 Å². The van der Waals surface area contributed by atoms with Crippen molar-refractivity contribution >= 4 is 5.82 Å². The van der Waals surface area contributed by atoms with Crippen LogP contribution in [0, 0.1) is 13.8 Å². The summed E-state index contributed by atoms with van der Waals surface area (Å²) in [5, 5.41) is 3.51. The lowest BCUT2D eigenvalue weighted by Crippen LogP contribution is -2.28. The van der Waals surface area contributed by atoms with Gasteiger partial charge in [0.2, 0.25) is 0 Å². The van der Waals surface area contributed by atoms with Gasteiger partial charge >= 0.3 is 0 Å². The molecule has 0 aromatic carbocycles. The van der Waals surface area contributed by atoms with Crippen molar-refractivity contribution < 1.29 is 4.74 Å². The predicted molar refractivity (Wildman–Crippen MR) is 83.3 cm³/mol. The van der Waals surface area contributed by atoms with Crippen LogP contribution in [0.1, 0.15) is 37.1 Å². The van der Waals surface area contributed by atoms with Crippen molar-refractivity contribution in [2.45, 2.75) is 52.8 Å². The maximum absolute atomic E-state index is 5.48. The summed E-state index contributed by atoms with van der Waals surface area (Å²) in [4.78, 5) is 7.16. The first-order chi connectivity index (χ1) is 9.51. The molecular weight excluding hydrogens is 250 g/mol. The number of aryl methyl sites for hydroxylation is 2. The van der Waals surface area contributed by atoms with E-state index in [2.05, 4.69) is 44.0 Å². The second-order valence-electron chi connectivity index (χ2n) is 6.01. The Bertz CT molecular complexity index is 459. The first kappa shape index (κ1) is 15.3. The maximum atomic E-state index is 5.48. The molecule has 20 heavy (non-hydrogen) atoms. The molecule has 1 aliphatic heterocycles. The summed E-state index contributed by atoms with van der Waals surface area (Å²) in [5.41, 5.74) is 3.73. The lowest BCUT2D eigenvalue weighted by Gasteiger charge is -2.23. The largest absolute Gasteiger partial charge is 0.380 e. The molecule has 2 heterocycles. The smallest absolute Gasteiger partial charge is 0.133 e. The van der Waals surface area contributed by atoms with Crippen molar-refractivity contribution in [3.8, 4) is 0 Å². The highest BCUT2D eigenvalue weighted by atomic mass is 16.5. The molecular formula is C16H27N3O. The van der Waals surface area contributed by atoms with Crippen LogP contribution in [0.5, 0.6) is 0 Å². The molecule has 1 aliphatic rings. The first-order valence-electron chi connectivity index (χ1n) is 7.49. The molecule has 0 spiro atoms. The van der Waals surface area contributed by atoms with E-state index in [0.29, 0.717) is 12.1 Å². The average molecular weight is 277 g/mol. The maximum Gasteiger partial charge on any atom is 0.133 e. The van der Waals surface area contributed by atoms with E-state index in [1.807, 2.05) is 0 Å². The molecule has 1 aromatic rings. The third-order valence-corrected chi connectivity index (χ3v) is 3.92. The van der Waals surface area contributed by atoms with Crippen molar-refractivity contribution in [2.75, 3.05) is 25.1 Å². The topological polar surface area (TPSA) is 37.4 Å². The summed E-state index contributed by atoms with van der Waals surface area (Å²) in [5.74, 6) is 1.13. The summed E-state index contributed by atoms with van der Waals surface area (Å²) in [6.45, 7) is 11.4. The summed E-state index contributed by atoms with van der Waals surface area (Å²) < 4.78 is 5.48. The number of hydrogen-bond donors (Lipinski definition) is 1. The van der Waals surface area contributed by atoms with E-state index in [4.69, 9.17) is 9.72 Å². The zero-order chi connectivity index (χ0) is 14.7. The van der Waals surface area contributed by atoms with Crippen molar-refractivity contribution in [3.05, 3.63) is 22.9 Å². The molecule has 1 fully saturated rings. The van der Waals surface area contributed by atoms with Gasteiger partial charge < -0.3 is 15.0 Å². The molecule has 4 nitrogen and oxygen atoms in total. The molecule has 0 saturated carbocycles. The summed E-state index contributed by atoms with van der Waals surface area (Å²) in [6, 6.07) is 2.65. The number of aromatic nitrogens is 1. The fourth-order valence-corrected chi connectivity index (χ4v) is 2.74. The molecule has 1 atom stereocenters. The molecule has 1 aromatic heterocycles. The van der Waals surface area contributed by atoms with Gasteiger partial charge in [0.15, 0.2) is 0 Å². The highest BCUT2D eigenvalue weighted by Gasteiger charge is 2.25. The van der Waals surface area contributed by atoms with Crippen LogP contribution < -0.4 is 10.2 Å². The van der Waals surface area contributed by atoms with Gasteiger partial charge in [-0.15, -0.1) is 0 Å². The van der Waals surface area contributed by atoms with Gasteiger partial charge in [-0.25, -0.2) is 4.98 Å². The van der Waals surface area contributed by atoms with Crippen molar-refractivity contribution in [3.63, 3.8) is 0 Å². The lowest BCUT2D eigenvalue weighted by atomic mass is 10.1. The molecule has 0 amide bonds. The average Bonchev–Trinajstić information content (AvgIpc) is 2.85. The minimum atomic E-state index is 0.337. The number of methoxy groups -OCH3 is 1. The van der Waals surface area contributed by atoms with Gasteiger partial charge in [-0.05, 0) is 31.9 Å². The van der Waals surface area contributed by atoms with Crippen LogP contribution in [0.3, 0.4) is 0 Å². The zero-order valence-corrected chi connectivity index (χ0v) is 13.4. The van der Waals surface area contributed by atoms with Crippen LogP contribution in [0.4, 0.5) is 5.82 Å². The normalized spacial score (nSPS) is 19.1. The van der Waals surface area contributed by atoms with Crippen LogP contribution in [0.25, 0.3) is 0 Å². The highest BCUT2D eigenvalue weighted by molar-refractivity contribution is 5.52. The van der Waals surface area contributed by atoms with Crippen LogP contribution >= 0.6 is 0 Å². The summed E-state index contributed by atoms with van der Waals surface area (Å²) in [7, 11) is 1.80. The quantitative estimate of drug-likeness (QED) is 0.897. The van der Waals surface area contributed by atoms with E-state index in [1.54, 1.807) is 7.11 Å². The Kier molecular flexibility index (Phi) is 5.00. The lowest BCUT2D eigenvalue weighted by molar-refractivity contribution is 0.121. The van der Waals surface area contributed by atoms with E-state index < -0.39 is 0 Å². The number of anilines is 1. The molecule has 1 N–H and O–H groups in total. The molecule has 112 valence electrons. The minimum absolute atomic E-state index is 0.337. The van der Waals surface area contributed by atoms with Crippen LogP contribution in [-0.4, -0.2) is 37.3 Å². The molecule has 0 bridgehead atoms. The third-order valence-electron chi connectivity index (χ3n) is 3.92. The Morgan fingerprint density at radius 3 is 2.80 bits per heavy atom. The Morgan fingerprint density at radius 1 is 1.45 bits per heavy atom. The van der Waals surface area contributed by atoms with Gasteiger partial charge in [-0.3, -0.25) is 0 Å². The fourth-order valence-electron chi connectivity index (χ4n) is 2.74. The second-order valence-corrected chi connectivity index (χ2v) is 6.01. The van der Waals surface area contributed by atoms with Crippen molar-refractivity contribution in [1.82, 2.24) is 10.3 Å². The summed E-state index contributed by atoms with van der Waals surface area (Å²) >= 11 is 0. The Labute approximate surface area is 122 Å². The number of pyridine rings is 1. The molecule has 0 aliphatic carbocycles. The number of hydrogen-bond acceptors (Lipinski definition) is 4. The van der Waals surface area contributed by atoms with Gasteiger partial charge in [0.05, 0.1) is 6.10 Å². The van der Waals surface area contributed by atoms with Gasteiger partial charge in [0.25, 0.3) is 0 Å². The predicted octanol–water partition coefficient (Wildman–Crippen LogP) is 2.42. The summed E-state index contributed by atoms with van der Waals surface area (Å²) in [6.07, 6.45) is 1.42. The van der Waals surface area contributed by atoms with E-state index in [-0.39, 0.29) is 0 Å². The number of nitrogens with zero attached hydrogens (tertiary/aromatic N) is 2. The van der Waals surface area contributed by atoms with E-state index in [1.165, 1.54) is 11.1 Å². The SMILES string of the molecule is COC1CCN(c2nc(C)cc(C)c2CNC(C)C)C1. The van der Waals surface area contributed by atoms with Gasteiger partial charge in [-0.1, -0.05) is 13.8 Å². The highest BCUT2D eigenvalue weighted by Crippen LogP contribution is 2.26. The standard InChI is InChI=1S/C16H27N3O/c1-11(2)17-9-15-12(3)8-13(4)18-16(15)19-7-6-14(10-19)20-5/h8,11,14,17H,6-7,9-10H2,1-5H3. The second kappa shape index (κ2) is 6.55. The number of rotatable bonds is 5. The number of nitrogens with one attached hydrogen (secondary N) is 1. The van der Waals surface area contributed by atoms with E-state index >= 15 is 0 Å². The minimum Gasteiger partial charge on any atom is -0.380 e. The monoisotopic (exact) mass is 277 g/mol. The Hall–Kier alpha value is -1.13. The first-order valence-corrected chi connectivity index (χ1v) is 7.49. The molecule has 1 saturated heterocycles. The molecule has 4 heteroatoms. The van der Waals surface area contributed by atoms with Crippen LogP contribution in [0.15, 0.2) is 6.07 Å². The van der Waals surface area contributed by atoms with Crippen molar-refractivity contribution in [1.29, 1.82) is 0 Å². The van der Waals surface area contributed by atoms with Crippen molar-refractivity contribution in [2.24, 2.45) is 0 Å². The molecule has 0 radical (unpaired) electrons.